The van der Waals surface area contributed by atoms with E-state index < -0.39 is 11.6 Å². The van der Waals surface area contributed by atoms with E-state index in [-0.39, 0.29) is 19.1 Å². The molecule has 0 fully saturated rings. The molecule has 2 rings (SSSR count). The van der Waals surface area contributed by atoms with Crippen LogP contribution in [-0.2, 0) is 25.7 Å². The van der Waals surface area contributed by atoms with Gasteiger partial charge in [-0.25, -0.2) is 4.79 Å². The van der Waals surface area contributed by atoms with Crippen molar-refractivity contribution < 1.29 is 19.1 Å². The molecule has 0 amide bonds. The summed E-state index contributed by atoms with van der Waals surface area (Å²) in [6, 6.07) is 16.6. The molecule has 2 aromatic rings. The number of anilines is 1. The van der Waals surface area contributed by atoms with E-state index >= 15 is 0 Å². The summed E-state index contributed by atoms with van der Waals surface area (Å²) in [5.74, 6) is -0.797. The fourth-order valence-corrected chi connectivity index (χ4v) is 2.21. The average molecular weight is 367 g/mol. The van der Waals surface area contributed by atoms with Gasteiger partial charge in [0.2, 0.25) is 0 Å². The lowest BCUT2D eigenvalue weighted by Crippen LogP contribution is -2.24. The van der Waals surface area contributed by atoms with Gasteiger partial charge in [-0.05, 0) is 44.0 Å². The van der Waals surface area contributed by atoms with Crippen molar-refractivity contribution in [1.82, 2.24) is 0 Å². The summed E-state index contributed by atoms with van der Waals surface area (Å²) in [6.45, 7) is 9.52. The van der Waals surface area contributed by atoms with Crippen LogP contribution in [0.3, 0.4) is 0 Å². The standard InChI is InChI=1S/C22H25NO4/c1-16(21(25)27-22(2,3)4)18-10-12-19(13-11-18)23-14-20(24)26-15-17-8-6-5-7-9-17/h5-13,23H,1,14-15H2,2-4H3. The lowest BCUT2D eigenvalue weighted by molar-refractivity contribution is -0.147. The number of nitrogens with one attached hydrogen (secondary N) is 1. The summed E-state index contributed by atoms with van der Waals surface area (Å²) < 4.78 is 10.5. The van der Waals surface area contributed by atoms with Gasteiger partial charge in [0.05, 0.1) is 5.57 Å². The smallest absolute Gasteiger partial charge is 0.338 e. The Labute approximate surface area is 160 Å². The summed E-state index contributed by atoms with van der Waals surface area (Å²) in [5.41, 5.74) is 2.07. The molecule has 5 heteroatoms. The van der Waals surface area contributed by atoms with Crippen molar-refractivity contribution in [1.29, 1.82) is 0 Å². The molecule has 0 spiro atoms. The van der Waals surface area contributed by atoms with E-state index in [2.05, 4.69) is 11.9 Å². The van der Waals surface area contributed by atoms with Crippen LogP contribution in [0.4, 0.5) is 5.69 Å². The van der Waals surface area contributed by atoms with E-state index in [0.717, 1.165) is 11.3 Å². The van der Waals surface area contributed by atoms with Crippen LogP contribution in [0.2, 0.25) is 0 Å². The summed E-state index contributed by atoms with van der Waals surface area (Å²) in [7, 11) is 0. The van der Waals surface area contributed by atoms with Gasteiger partial charge in [0.1, 0.15) is 18.8 Å². The highest BCUT2D eigenvalue weighted by molar-refractivity contribution is 6.15. The maximum absolute atomic E-state index is 12.0. The first-order chi connectivity index (χ1) is 12.7. The minimum Gasteiger partial charge on any atom is -0.460 e. The van der Waals surface area contributed by atoms with Crippen molar-refractivity contribution in [3.63, 3.8) is 0 Å². The van der Waals surface area contributed by atoms with E-state index in [9.17, 15) is 9.59 Å². The third kappa shape index (κ3) is 6.98. The van der Waals surface area contributed by atoms with Crippen LogP contribution in [0.5, 0.6) is 0 Å². The van der Waals surface area contributed by atoms with Crippen molar-refractivity contribution in [2.75, 3.05) is 11.9 Å². The van der Waals surface area contributed by atoms with Crippen LogP contribution in [-0.4, -0.2) is 24.1 Å². The summed E-state index contributed by atoms with van der Waals surface area (Å²) >= 11 is 0. The molecule has 0 aromatic heterocycles. The highest BCUT2D eigenvalue weighted by atomic mass is 16.6. The number of carbonyl (C=O) groups excluding carboxylic acids is 2. The van der Waals surface area contributed by atoms with Crippen LogP contribution in [0, 0.1) is 0 Å². The van der Waals surface area contributed by atoms with E-state index in [4.69, 9.17) is 9.47 Å². The zero-order valence-electron chi connectivity index (χ0n) is 16.0. The molecule has 5 nitrogen and oxygen atoms in total. The molecule has 1 N–H and O–H groups in total. The van der Waals surface area contributed by atoms with Crippen LogP contribution >= 0.6 is 0 Å². The van der Waals surface area contributed by atoms with Crippen molar-refractivity contribution in [2.45, 2.75) is 33.0 Å². The molecule has 2 aromatic carbocycles. The minimum atomic E-state index is -0.568. The van der Waals surface area contributed by atoms with Crippen molar-refractivity contribution in [2.24, 2.45) is 0 Å². The monoisotopic (exact) mass is 367 g/mol. The van der Waals surface area contributed by atoms with Gasteiger partial charge in [-0.1, -0.05) is 49.0 Å². The zero-order chi connectivity index (χ0) is 19.9. The third-order valence-electron chi connectivity index (χ3n) is 3.56. The Morgan fingerprint density at radius 3 is 2.22 bits per heavy atom. The van der Waals surface area contributed by atoms with Crippen LogP contribution in [0.25, 0.3) is 5.57 Å². The quantitative estimate of drug-likeness (QED) is 0.587. The number of rotatable bonds is 7. The highest BCUT2D eigenvalue weighted by Crippen LogP contribution is 2.20. The molecular weight excluding hydrogens is 342 g/mol. The summed E-state index contributed by atoms with van der Waals surface area (Å²) in [4.78, 5) is 23.9. The van der Waals surface area contributed by atoms with Gasteiger partial charge < -0.3 is 14.8 Å². The molecular formula is C22H25NO4. The van der Waals surface area contributed by atoms with E-state index in [1.54, 1.807) is 24.3 Å². The van der Waals surface area contributed by atoms with Gasteiger partial charge in [0.25, 0.3) is 0 Å². The van der Waals surface area contributed by atoms with Crippen LogP contribution in [0.15, 0.2) is 61.2 Å². The Kier molecular flexibility index (Phi) is 6.77. The van der Waals surface area contributed by atoms with Crippen LogP contribution < -0.4 is 5.32 Å². The molecule has 0 radical (unpaired) electrons. The molecule has 0 saturated heterocycles. The van der Waals surface area contributed by atoms with Crippen molar-refractivity contribution in [3.8, 4) is 0 Å². The molecule has 0 aliphatic carbocycles. The van der Waals surface area contributed by atoms with E-state index in [1.165, 1.54) is 0 Å². The summed E-state index contributed by atoms with van der Waals surface area (Å²) in [6.07, 6.45) is 0. The first-order valence-electron chi connectivity index (χ1n) is 8.71. The minimum absolute atomic E-state index is 0.0548. The van der Waals surface area contributed by atoms with Gasteiger partial charge in [0.15, 0.2) is 0 Å². The first-order valence-corrected chi connectivity index (χ1v) is 8.71. The second-order valence-corrected chi connectivity index (χ2v) is 7.06. The zero-order valence-corrected chi connectivity index (χ0v) is 16.0. The van der Waals surface area contributed by atoms with Gasteiger partial charge in [-0.2, -0.15) is 0 Å². The third-order valence-corrected chi connectivity index (χ3v) is 3.56. The number of ether oxygens (including phenoxy) is 2. The molecule has 0 bridgehead atoms. The first kappa shape index (κ1) is 20.2. The van der Waals surface area contributed by atoms with E-state index in [1.807, 2.05) is 51.1 Å². The maximum Gasteiger partial charge on any atom is 0.338 e. The second kappa shape index (κ2) is 9.03. The summed E-state index contributed by atoms with van der Waals surface area (Å²) in [5, 5.41) is 2.99. The SMILES string of the molecule is C=C(C(=O)OC(C)(C)C)c1ccc(NCC(=O)OCc2ccccc2)cc1. The predicted octanol–water partition coefficient (Wildman–Crippen LogP) is 4.20. The van der Waals surface area contributed by atoms with Gasteiger partial charge in [-0.3, -0.25) is 4.79 Å². The Morgan fingerprint density at radius 1 is 1.00 bits per heavy atom. The van der Waals surface area contributed by atoms with Gasteiger partial charge >= 0.3 is 11.9 Å². The number of hydrogen-bond donors (Lipinski definition) is 1. The fraction of sp³-hybridized carbons (Fsp3) is 0.273. The lowest BCUT2D eigenvalue weighted by atomic mass is 10.1. The van der Waals surface area contributed by atoms with Crippen molar-refractivity contribution >= 4 is 23.2 Å². The van der Waals surface area contributed by atoms with Gasteiger partial charge in [0, 0.05) is 5.69 Å². The Balaban J connectivity index is 1.82. The fourth-order valence-electron chi connectivity index (χ4n) is 2.21. The second-order valence-electron chi connectivity index (χ2n) is 7.06. The van der Waals surface area contributed by atoms with Crippen LogP contribution in [0.1, 0.15) is 31.9 Å². The molecule has 0 aliphatic rings. The largest absolute Gasteiger partial charge is 0.460 e. The molecule has 142 valence electrons. The van der Waals surface area contributed by atoms with Gasteiger partial charge in [-0.15, -0.1) is 0 Å². The Hall–Kier alpha value is -3.08. The number of carbonyl (C=O) groups is 2. The molecule has 0 aliphatic heterocycles. The molecule has 0 heterocycles. The Morgan fingerprint density at radius 2 is 1.63 bits per heavy atom. The lowest BCUT2D eigenvalue weighted by Gasteiger charge is -2.20. The highest BCUT2D eigenvalue weighted by Gasteiger charge is 2.19. The average Bonchev–Trinajstić information content (AvgIpc) is 2.64. The number of benzene rings is 2. The molecule has 0 atom stereocenters. The molecule has 0 unspecified atom stereocenters. The Bertz CT molecular complexity index is 789. The maximum atomic E-state index is 12.0. The number of hydrogen-bond acceptors (Lipinski definition) is 5. The topological polar surface area (TPSA) is 64.6 Å². The predicted molar refractivity (Wildman–Crippen MR) is 106 cm³/mol. The normalized spacial score (nSPS) is 10.8. The van der Waals surface area contributed by atoms with Crippen molar-refractivity contribution in [3.05, 3.63) is 72.3 Å². The van der Waals surface area contributed by atoms with E-state index in [0.29, 0.717) is 11.1 Å². The number of esters is 2. The molecule has 0 saturated carbocycles. The molecule has 27 heavy (non-hydrogen) atoms.